The van der Waals surface area contributed by atoms with Crippen LogP contribution in [0, 0.1) is 0 Å². The zero-order valence-corrected chi connectivity index (χ0v) is 12.3. The van der Waals surface area contributed by atoms with Gasteiger partial charge in [-0.2, -0.15) is 0 Å². The minimum Gasteiger partial charge on any atom is -0.317 e. The van der Waals surface area contributed by atoms with E-state index in [1.54, 1.807) is 9.80 Å². The molecule has 0 spiro atoms. The molecule has 108 valence electrons. The number of halogens is 1. The number of fused-ring (bicyclic) bond motifs is 3. The van der Waals surface area contributed by atoms with E-state index in [9.17, 15) is 9.59 Å². The van der Waals surface area contributed by atoms with Gasteiger partial charge in [0, 0.05) is 12.6 Å². The number of nitrogens with zero attached hydrogens (tertiary/aromatic N) is 3. The molecule has 0 bridgehead atoms. The first-order chi connectivity index (χ1) is 9.54. The van der Waals surface area contributed by atoms with Crippen molar-refractivity contribution < 1.29 is 4.79 Å². The number of urea groups is 1. The SMILES string of the molecule is CC(C)N1C(=O)N2CCCC2c2c1nc(CCl)[nH]c2=O. The molecule has 7 heteroatoms. The number of aromatic amines is 1. The molecule has 1 N–H and O–H groups in total. The normalized spacial score (nSPS) is 21.4. The summed E-state index contributed by atoms with van der Waals surface area (Å²) in [5, 5.41) is 0. The van der Waals surface area contributed by atoms with E-state index in [4.69, 9.17) is 11.6 Å². The van der Waals surface area contributed by atoms with Gasteiger partial charge in [-0.3, -0.25) is 9.69 Å². The van der Waals surface area contributed by atoms with Gasteiger partial charge in [0.05, 0.1) is 17.5 Å². The van der Waals surface area contributed by atoms with E-state index < -0.39 is 0 Å². The third-order valence-electron chi connectivity index (χ3n) is 3.89. The van der Waals surface area contributed by atoms with Crippen molar-refractivity contribution in [2.24, 2.45) is 0 Å². The second kappa shape index (κ2) is 4.77. The quantitative estimate of drug-likeness (QED) is 0.849. The summed E-state index contributed by atoms with van der Waals surface area (Å²) < 4.78 is 0. The van der Waals surface area contributed by atoms with Crippen LogP contribution in [0.25, 0.3) is 0 Å². The number of carbonyl (C=O) groups is 1. The zero-order chi connectivity index (χ0) is 14.4. The predicted molar refractivity (Wildman–Crippen MR) is 76.1 cm³/mol. The van der Waals surface area contributed by atoms with Gasteiger partial charge in [0.2, 0.25) is 0 Å². The molecule has 1 atom stereocenters. The summed E-state index contributed by atoms with van der Waals surface area (Å²) in [6.45, 7) is 4.53. The maximum atomic E-state index is 12.6. The minimum atomic E-state index is -0.180. The van der Waals surface area contributed by atoms with E-state index in [2.05, 4.69) is 9.97 Å². The Hall–Kier alpha value is -1.56. The number of rotatable bonds is 2. The van der Waals surface area contributed by atoms with Crippen molar-refractivity contribution in [1.29, 1.82) is 0 Å². The standard InChI is InChI=1S/C13H17ClN4O2/c1-7(2)18-11-10(12(19)16-9(6-14)15-11)8-4-3-5-17(8)13(18)20/h7-8H,3-6H2,1-2H3,(H,15,16,19). The number of nitrogens with one attached hydrogen (secondary N) is 1. The number of carbonyl (C=O) groups excluding carboxylic acids is 1. The molecule has 20 heavy (non-hydrogen) atoms. The number of hydrogen-bond acceptors (Lipinski definition) is 3. The summed E-state index contributed by atoms with van der Waals surface area (Å²) in [4.78, 5) is 35.4. The number of H-pyrrole nitrogens is 1. The third-order valence-corrected chi connectivity index (χ3v) is 4.15. The fourth-order valence-electron chi connectivity index (χ4n) is 3.05. The molecule has 3 rings (SSSR count). The lowest BCUT2D eigenvalue weighted by molar-refractivity contribution is 0.192. The Kier molecular flexibility index (Phi) is 3.20. The molecule has 0 saturated carbocycles. The number of aromatic nitrogens is 2. The van der Waals surface area contributed by atoms with Crippen LogP contribution in [0.15, 0.2) is 4.79 Å². The predicted octanol–water partition coefficient (Wildman–Crippen LogP) is 1.99. The van der Waals surface area contributed by atoms with Gasteiger partial charge >= 0.3 is 6.03 Å². The van der Waals surface area contributed by atoms with Gasteiger partial charge < -0.3 is 9.88 Å². The highest BCUT2D eigenvalue weighted by Crippen LogP contribution is 2.40. The fraction of sp³-hybridized carbons (Fsp3) is 0.615. The Morgan fingerprint density at radius 3 is 2.85 bits per heavy atom. The average Bonchev–Trinajstić information content (AvgIpc) is 2.87. The van der Waals surface area contributed by atoms with Crippen molar-refractivity contribution >= 4 is 23.4 Å². The molecular weight excluding hydrogens is 280 g/mol. The monoisotopic (exact) mass is 296 g/mol. The molecule has 0 aromatic carbocycles. The van der Waals surface area contributed by atoms with Crippen LogP contribution in [0.1, 0.15) is 44.1 Å². The van der Waals surface area contributed by atoms with Gasteiger partial charge in [0.25, 0.3) is 5.56 Å². The largest absolute Gasteiger partial charge is 0.326 e. The number of hydrogen-bond donors (Lipinski definition) is 1. The van der Waals surface area contributed by atoms with Crippen LogP contribution in [0.3, 0.4) is 0 Å². The Bertz CT molecular complexity index is 613. The number of amides is 2. The summed E-state index contributed by atoms with van der Waals surface area (Å²) in [6, 6.07) is -0.262. The van der Waals surface area contributed by atoms with E-state index in [-0.39, 0.29) is 29.6 Å². The van der Waals surface area contributed by atoms with Crippen LogP contribution in [0.4, 0.5) is 10.6 Å². The minimum absolute atomic E-state index is 0.0553. The highest BCUT2D eigenvalue weighted by Gasteiger charge is 2.43. The summed E-state index contributed by atoms with van der Waals surface area (Å²) in [7, 11) is 0. The van der Waals surface area contributed by atoms with E-state index in [1.165, 1.54) is 0 Å². The first-order valence-electron chi connectivity index (χ1n) is 6.83. The molecular formula is C13H17ClN4O2. The summed E-state index contributed by atoms with van der Waals surface area (Å²) in [5.41, 5.74) is 0.422. The van der Waals surface area contributed by atoms with Crippen LogP contribution >= 0.6 is 11.6 Å². The van der Waals surface area contributed by atoms with Crippen LogP contribution in [-0.2, 0) is 5.88 Å². The van der Waals surface area contributed by atoms with Crippen LogP contribution in [0.5, 0.6) is 0 Å². The topological polar surface area (TPSA) is 69.3 Å². The molecule has 1 aromatic rings. The lowest BCUT2D eigenvalue weighted by Gasteiger charge is -2.39. The second-order valence-corrected chi connectivity index (χ2v) is 5.75. The molecule has 3 heterocycles. The van der Waals surface area contributed by atoms with E-state index >= 15 is 0 Å². The van der Waals surface area contributed by atoms with Gasteiger partial charge in [-0.1, -0.05) is 0 Å². The number of anilines is 1. The smallest absolute Gasteiger partial charge is 0.317 e. The molecule has 1 unspecified atom stereocenters. The molecule has 1 fully saturated rings. The Labute approximate surface area is 121 Å². The zero-order valence-electron chi connectivity index (χ0n) is 11.5. The molecule has 0 radical (unpaired) electrons. The molecule has 2 aliphatic rings. The van der Waals surface area contributed by atoms with Crippen LogP contribution < -0.4 is 10.5 Å². The summed E-state index contributed by atoms with van der Waals surface area (Å²) >= 11 is 5.77. The van der Waals surface area contributed by atoms with Crippen molar-refractivity contribution in [3.8, 4) is 0 Å². The van der Waals surface area contributed by atoms with Crippen molar-refractivity contribution in [1.82, 2.24) is 14.9 Å². The van der Waals surface area contributed by atoms with Crippen LogP contribution in [0.2, 0.25) is 0 Å². The summed E-state index contributed by atoms with van der Waals surface area (Å²) in [5.74, 6) is 1.00. The third kappa shape index (κ3) is 1.82. The lowest BCUT2D eigenvalue weighted by Crippen LogP contribution is -2.52. The number of alkyl halides is 1. The molecule has 1 saturated heterocycles. The molecule has 2 aliphatic heterocycles. The van der Waals surface area contributed by atoms with Crippen molar-refractivity contribution in [2.75, 3.05) is 11.4 Å². The highest BCUT2D eigenvalue weighted by atomic mass is 35.5. The molecule has 0 aliphatic carbocycles. The first-order valence-corrected chi connectivity index (χ1v) is 7.37. The molecule has 6 nitrogen and oxygen atoms in total. The van der Waals surface area contributed by atoms with E-state index in [1.807, 2.05) is 13.8 Å². The van der Waals surface area contributed by atoms with Gasteiger partial charge in [-0.25, -0.2) is 9.78 Å². The Morgan fingerprint density at radius 2 is 2.20 bits per heavy atom. The van der Waals surface area contributed by atoms with Crippen molar-refractivity contribution in [2.45, 2.75) is 44.7 Å². The first kappa shape index (κ1) is 13.4. The maximum Gasteiger partial charge on any atom is 0.326 e. The Balaban J connectivity index is 2.24. The van der Waals surface area contributed by atoms with Crippen molar-refractivity contribution in [3.63, 3.8) is 0 Å². The summed E-state index contributed by atoms with van der Waals surface area (Å²) in [6.07, 6.45) is 1.73. The van der Waals surface area contributed by atoms with Gasteiger partial charge in [0.1, 0.15) is 11.6 Å². The van der Waals surface area contributed by atoms with Crippen molar-refractivity contribution in [3.05, 3.63) is 21.7 Å². The molecule has 2 amide bonds. The van der Waals surface area contributed by atoms with Gasteiger partial charge in [0.15, 0.2) is 0 Å². The molecule has 1 aromatic heterocycles. The van der Waals surface area contributed by atoms with E-state index in [0.717, 1.165) is 12.8 Å². The lowest BCUT2D eigenvalue weighted by atomic mass is 10.0. The highest BCUT2D eigenvalue weighted by molar-refractivity contribution is 6.16. The fourth-order valence-corrected chi connectivity index (χ4v) is 3.18. The van der Waals surface area contributed by atoms with E-state index in [0.29, 0.717) is 23.8 Å². The van der Waals surface area contributed by atoms with Gasteiger partial charge in [-0.05, 0) is 26.7 Å². The second-order valence-electron chi connectivity index (χ2n) is 5.48. The van der Waals surface area contributed by atoms with Gasteiger partial charge in [-0.15, -0.1) is 11.6 Å². The maximum absolute atomic E-state index is 12.6. The average molecular weight is 297 g/mol. The van der Waals surface area contributed by atoms with Crippen LogP contribution in [-0.4, -0.2) is 33.5 Å². The Morgan fingerprint density at radius 1 is 1.45 bits per heavy atom.